The van der Waals surface area contributed by atoms with Gasteiger partial charge in [-0.25, -0.2) is 13.1 Å². The van der Waals surface area contributed by atoms with E-state index in [1.54, 1.807) is 24.4 Å². The molecular formula is C54H65N7O9S. The minimum absolute atomic E-state index is 0.00364. The maximum absolute atomic E-state index is 14.4. The number of carbonyl (C=O) groups excluding carboxylic acids is 1. The number of anilines is 2. The number of carbonyl (C=O) groups is 1. The number of hydrogen-bond acceptors (Lipinski definition) is 14. The van der Waals surface area contributed by atoms with Crippen molar-refractivity contribution in [1.82, 2.24) is 19.6 Å². The van der Waals surface area contributed by atoms with Crippen LogP contribution >= 0.6 is 0 Å². The number of nitrogens with one attached hydrogen (secondary N) is 3. The van der Waals surface area contributed by atoms with Gasteiger partial charge >= 0.3 is 0 Å². The molecule has 0 bridgehead atoms. The topological polar surface area (TPSA) is 208 Å². The molecule has 71 heavy (non-hydrogen) atoms. The third kappa shape index (κ3) is 9.58. The standard InChI is InChI=1S/C54H65N7O9S/c1-33(2)39-7-4-5-8-40(39)44-9-6-22-61(44)37-29-53(30-37)19-23-60(24-20-53)36-10-11-41(45(26-36)70-47-25-35-14-21-55-49(35)57-51(47)69-32-54(64)17-18-54)50(62)59-71(66,67)38-27-42(58-65)48-46(28-38)68-31-43(56-48)34-12-15-52(3,63)16-13-34/h4-5,7-8,10-11,14,21,25-28,33-34,37,43-44,56,63-64H,6,9,12-13,15-20,22-24,29-32H2,1-3H3,(H,55,57)(H,59,62)/t34-,43-,44?,52-/m1/s1. The van der Waals surface area contributed by atoms with Gasteiger partial charge in [-0.3, -0.25) is 9.69 Å². The summed E-state index contributed by atoms with van der Waals surface area (Å²) in [6.07, 6.45) is 12.6. The van der Waals surface area contributed by atoms with Crippen LogP contribution in [0.5, 0.6) is 23.1 Å². The summed E-state index contributed by atoms with van der Waals surface area (Å²) in [5.41, 5.74) is 2.96. The lowest BCUT2D eigenvalue weighted by atomic mass is 9.59. The smallest absolute Gasteiger partial charge is 0.268 e. The molecule has 2 aromatic heterocycles. The van der Waals surface area contributed by atoms with Crippen LogP contribution in [0.2, 0.25) is 0 Å². The predicted molar refractivity (Wildman–Crippen MR) is 270 cm³/mol. The van der Waals surface area contributed by atoms with Gasteiger partial charge in [0.15, 0.2) is 5.75 Å². The van der Waals surface area contributed by atoms with Crippen LogP contribution in [0.3, 0.4) is 0 Å². The largest absolute Gasteiger partial charge is 0.489 e. The van der Waals surface area contributed by atoms with Gasteiger partial charge < -0.3 is 39.6 Å². The minimum atomic E-state index is -4.61. The molecule has 2 atom stereocenters. The van der Waals surface area contributed by atoms with E-state index in [1.165, 1.54) is 42.9 Å². The van der Waals surface area contributed by atoms with Crippen LogP contribution in [0.1, 0.15) is 131 Å². The van der Waals surface area contributed by atoms with Crippen LogP contribution < -0.4 is 29.1 Å². The summed E-state index contributed by atoms with van der Waals surface area (Å²) in [5, 5.41) is 28.4. The second kappa shape index (κ2) is 18.4. The number of nitrogens with zero attached hydrogens (tertiary/aromatic N) is 4. The number of fused-ring (bicyclic) bond motifs is 2. The summed E-state index contributed by atoms with van der Waals surface area (Å²) in [7, 11) is -4.61. The Hall–Kier alpha value is -5.75. The lowest BCUT2D eigenvalue weighted by Crippen LogP contribution is -2.54. The van der Waals surface area contributed by atoms with E-state index in [9.17, 15) is 28.3 Å². The van der Waals surface area contributed by atoms with Crippen molar-refractivity contribution in [2.24, 2.45) is 16.5 Å². The monoisotopic (exact) mass is 987 g/mol. The number of piperidine rings is 1. The number of H-pyrrole nitrogens is 1. The highest BCUT2D eigenvalue weighted by atomic mass is 32.2. The second-order valence-corrected chi connectivity index (χ2v) is 23.7. The van der Waals surface area contributed by atoms with Gasteiger partial charge in [0.05, 0.1) is 27.7 Å². The van der Waals surface area contributed by atoms with E-state index >= 15 is 0 Å². The summed E-state index contributed by atoms with van der Waals surface area (Å²) in [6.45, 7) is 9.38. The van der Waals surface area contributed by atoms with Gasteiger partial charge in [-0.05, 0) is 154 Å². The maximum Gasteiger partial charge on any atom is 0.268 e. The quantitative estimate of drug-likeness (QED) is 0.0658. The molecule has 17 heteroatoms. The highest BCUT2D eigenvalue weighted by Gasteiger charge is 2.50. The van der Waals surface area contributed by atoms with Crippen molar-refractivity contribution in [1.29, 1.82) is 0 Å². The average molecular weight is 988 g/mol. The molecule has 5 N–H and O–H groups in total. The number of nitroso groups, excluding NO2 is 1. The van der Waals surface area contributed by atoms with Crippen molar-refractivity contribution in [2.45, 2.75) is 138 Å². The van der Waals surface area contributed by atoms with Crippen molar-refractivity contribution < 1.29 is 37.6 Å². The van der Waals surface area contributed by atoms with E-state index in [4.69, 9.17) is 14.2 Å². The number of pyridine rings is 1. The van der Waals surface area contributed by atoms with Crippen LogP contribution in [0.4, 0.5) is 17.1 Å². The van der Waals surface area contributed by atoms with Gasteiger partial charge in [0.2, 0.25) is 0 Å². The third-order valence-corrected chi connectivity index (χ3v) is 17.9. The highest BCUT2D eigenvalue weighted by molar-refractivity contribution is 7.90. The number of benzene rings is 3. The van der Waals surface area contributed by atoms with Gasteiger partial charge in [0.1, 0.15) is 41.7 Å². The van der Waals surface area contributed by atoms with Crippen molar-refractivity contribution in [3.8, 4) is 23.1 Å². The summed E-state index contributed by atoms with van der Waals surface area (Å²) in [6, 6.07) is 21.0. The number of aromatic nitrogens is 2. The van der Waals surface area contributed by atoms with E-state index in [-0.39, 0.29) is 75.6 Å². The fourth-order valence-electron chi connectivity index (χ4n) is 12.1. The number of aromatic amines is 1. The Morgan fingerprint density at radius 2 is 1.73 bits per heavy atom. The third-order valence-electron chi connectivity index (χ3n) is 16.6. The predicted octanol–water partition coefficient (Wildman–Crippen LogP) is 9.60. The van der Waals surface area contributed by atoms with Crippen molar-refractivity contribution >= 4 is 44.0 Å². The van der Waals surface area contributed by atoms with Gasteiger partial charge in [0.25, 0.3) is 21.8 Å². The molecule has 11 rings (SSSR count). The zero-order chi connectivity index (χ0) is 49.3. The first-order chi connectivity index (χ1) is 34.1. The lowest BCUT2D eigenvalue weighted by molar-refractivity contribution is -0.0227. The molecule has 2 saturated heterocycles. The molecule has 5 fully saturated rings. The van der Waals surface area contributed by atoms with Crippen LogP contribution in [0.15, 0.2) is 83.0 Å². The van der Waals surface area contributed by atoms with E-state index in [1.807, 2.05) is 19.1 Å². The minimum Gasteiger partial charge on any atom is -0.489 e. The van der Waals surface area contributed by atoms with Crippen LogP contribution in [0, 0.1) is 16.2 Å². The summed E-state index contributed by atoms with van der Waals surface area (Å²) >= 11 is 0. The van der Waals surface area contributed by atoms with E-state index in [0.29, 0.717) is 54.7 Å². The zero-order valence-electron chi connectivity index (χ0n) is 40.8. The van der Waals surface area contributed by atoms with Crippen molar-refractivity contribution in [2.75, 3.05) is 43.1 Å². The Morgan fingerprint density at radius 1 is 0.958 bits per heavy atom. The van der Waals surface area contributed by atoms with Gasteiger partial charge in [0, 0.05) is 54.6 Å². The Labute approximate surface area is 414 Å². The van der Waals surface area contributed by atoms with Crippen molar-refractivity contribution in [3.05, 3.63) is 94.5 Å². The fourth-order valence-corrected chi connectivity index (χ4v) is 13.1. The molecule has 6 aliphatic rings. The molecule has 5 heterocycles. The zero-order valence-corrected chi connectivity index (χ0v) is 41.6. The number of sulfonamides is 1. The van der Waals surface area contributed by atoms with E-state index < -0.39 is 27.1 Å². The second-order valence-electron chi connectivity index (χ2n) is 22.0. The number of amides is 1. The first-order valence-electron chi connectivity index (χ1n) is 25.5. The first kappa shape index (κ1) is 47.6. The molecule has 0 radical (unpaired) electrons. The molecule has 3 aromatic carbocycles. The van der Waals surface area contributed by atoms with Crippen molar-refractivity contribution in [3.63, 3.8) is 0 Å². The Kier molecular flexibility index (Phi) is 12.3. The fraction of sp³-hybridized carbons (Fsp3) is 0.519. The summed E-state index contributed by atoms with van der Waals surface area (Å²) in [4.78, 5) is 39.1. The molecule has 376 valence electrons. The molecule has 16 nitrogen and oxygen atoms in total. The number of likely N-dealkylation sites (tertiary alicyclic amines) is 1. The molecular weight excluding hydrogens is 923 g/mol. The number of aliphatic hydroxyl groups is 2. The van der Waals surface area contributed by atoms with E-state index in [0.717, 1.165) is 57.1 Å². The molecule has 5 aromatic rings. The van der Waals surface area contributed by atoms with Crippen LogP contribution in [-0.2, 0) is 10.0 Å². The number of ether oxygens (including phenoxy) is 3. The Morgan fingerprint density at radius 3 is 2.48 bits per heavy atom. The maximum atomic E-state index is 14.4. The Bertz CT molecular complexity index is 2950. The van der Waals surface area contributed by atoms with E-state index in [2.05, 4.69) is 73.1 Å². The lowest BCUT2D eigenvalue weighted by Gasteiger charge is -2.56. The molecule has 1 unspecified atom stereocenters. The number of rotatable bonds is 14. The molecule has 3 aliphatic heterocycles. The number of hydrogen-bond donors (Lipinski definition) is 5. The molecule has 3 saturated carbocycles. The van der Waals surface area contributed by atoms with Gasteiger partial charge in [-0.1, -0.05) is 38.1 Å². The van der Waals surface area contributed by atoms with Gasteiger partial charge in [-0.2, -0.15) is 4.98 Å². The SMILES string of the molecule is CC(C)c1ccccc1C1CCCN1C1CC2(CCN(c3ccc(C(=O)NS(=O)(=O)c4cc(N=O)c5c(c4)OC[C@H]([C@H]4CC[C@](C)(O)CC4)N5)c(Oc4cc5cc[nH]c5nc4OCC4(O)CC4)c3)CC2)C1. The average Bonchev–Trinajstić information content (AvgIpc) is 3.64. The van der Waals surface area contributed by atoms with Crippen LogP contribution in [0.25, 0.3) is 11.0 Å². The van der Waals surface area contributed by atoms with Crippen LogP contribution in [-0.4, -0.2) is 95.5 Å². The van der Waals surface area contributed by atoms with Gasteiger partial charge in [-0.15, -0.1) is 4.91 Å². The first-order valence-corrected chi connectivity index (χ1v) is 27.0. The molecule has 1 spiro atoms. The Balaban J connectivity index is 0.833. The summed E-state index contributed by atoms with van der Waals surface area (Å²) in [5.74, 6) is 0.194. The summed E-state index contributed by atoms with van der Waals surface area (Å²) < 4.78 is 49.2. The normalized spacial score (nSPS) is 25.0. The highest BCUT2D eigenvalue weighted by Crippen LogP contribution is 2.55. The molecule has 3 aliphatic carbocycles. The molecule has 1 amide bonds.